The van der Waals surface area contributed by atoms with E-state index in [0.29, 0.717) is 28.1 Å². The van der Waals surface area contributed by atoms with Gasteiger partial charge in [-0.2, -0.15) is 4.73 Å². The standard InChI is InChI=1S/C30H28FNO3Si/c1-30(2,3)36(25-10-6-4-7-11-25,26-12-8-5-9-13-26)34-21-24-20-28-29(35-24)19-18-27(32(28)33)22-14-16-23(31)17-15-22/h4-20H,21H2,1-3H3. The summed E-state index contributed by atoms with van der Waals surface area (Å²) in [5.74, 6) is 0.238. The van der Waals surface area contributed by atoms with Gasteiger partial charge in [0.25, 0.3) is 13.8 Å². The molecule has 0 spiro atoms. The van der Waals surface area contributed by atoms with Crippen molar-refractivity contribution in [2.45, 2.75) is 32.4 Å². The van der Waals surface area contributed by atoms with Crippen molar-refractivity contribution in [3.05, 3.63) is 120 Å². The summed E-state index contributed by atoms with van der Waals surface area (Å²) in [6.45, 7) is 6.89. The minimum atomic E-state index is -2.74. The Kier molecular flexibility index (Phi) is 6.24. The second-order valence-corrected chi connectivity index (χ2v) is 14.2. The molecule has 182 valence electrons. The first-order valence-electron chi connectivity index (χ1n) is 12.0. The topological polar surface area (TPSA) is 49.3 Å². The minimum absolute atomic E-state index is 0.171. The summed E-state index contributed by atoms with van der Waals surface area (Å²) in [5, 5.41) is 15.3. The fraction of sp³-hybridized carbons (Fsp3) is 0.167. The van der Waals surface area contributed by atoms with Crippen molar-refractivity contribution in [1.29, 1.82) is 0 Å². The average molecular weight is 498 g/mol. The first kappa shape index (κ1) is 24.0. The van der Waals surface area contributed by atoms with Gasteiger partial charge in [0.1, 0.15) is 11.6 Å². The fourth-order valence-corrected chi connectivity index (χ4v) is 9.44. The summed E-state index contributed by atoms with van der Waals surface area (Å²) in [6.07, 6.45) is 0. The normalized spacial score (nSPS) is 12.2. The molecule has 0 aliphatic carbocycles. The molecule has 36 heavy (non-hydrogen) atoms. The lowest BCUT2D eigenvalue weighted by Crippen LogP contribution is -2.66. The van der Waals surface area contributed by atoms with Gasteiger partial charge in [-0.25, -0.2) is 4.39 Å². The lowest BCUT2D eigenvalue weighted by molar-refractivity contribution is -0.565. The maximum atomic E-state index is 13.4. The van der Waals surface area contributed by atoms with Crippen molar-refractivity contribution in [3.8, 4) is 11.3 Å². The summed E-state index contributed by atoms with van der Waals surface area (Å²) in [7, 11) is -2.74. The van der Waals surface area contributed by atoms with Crippen molar-refractivity contribution < 1.29 is 18.0 Å². The third kappa shape index (κ3) is 4.23. The summed E-state index contributed by atoms with van der Waals surface area (Å²) in [6, 6.07) is 31.9. The molecule has 0 N–H and O–H groups in total. The quantitative estimate of drug-likeness (QED) is 0.166. The Morgan fingerprint density at radius 1 is 0.833 bits per heavy atom. The van der Waals surface area contributed by atoms with Crippen LogP contribution in [0.15, 0.2) is 108 Å². The van der Waals surface area contributed by atoms with Crippen LogP contribution in [0.3, 0.4) is 0 Å². The van der Waals surface area contributed by atoms with Crippen LogP contribution in [0.1, 0.15) is 26.5 Å². The van der Waals surface area contributed by atoms with Gasteiger partial charge in [-0.15, -0.1) is 0 Å². The van der Waals surface area contributed by atoms with Crippen LogP contribution in [-0.2, 0) is 11.0 Å². The minimum Gasteiger partial charge on any atom is -0.618 e. The van der Waals surface area contributed by atoms with Crippen molar-refractivity contribution >= 4 is 29.8 Å². The Morgan fingerprint density at radius 2 is 1.42 bits per heavy atom. The number of hydrogen-bond acceptors (Lipinski definition) is 3. The molecular weight excluding hydrogens is 469 g/mol. The van der Waals surface area contributed by atoms with Gasteiger partial charge in [0.15, 0.2) is 5.58 Å². The molecule has 0 aliphatic heterocycles. The van der Waals surface area contributed by atoms with Crippen LogP contribution in [0, 0.1) is 11.0 Å². The third-order valence-corrected chi connectivity index (χ3v) is 11.6. The van der Waals surface area contributed by atoms with Crippen molar-refractivity contribution in [3.63, 3.8) is 0 Å². The van der Waals surface area contributed by atoms with Crippen LogP contribution in [0.2, 0.25) is 5.04 Å². The van der Waals surface area contributed by atoms with Crippen LogP contribution < -0.4 is 15.1 Å². The lowest BCUT2D eigenvalue weighted by atomic mass is 10.1. The molecule has 2 heterocycles. The molecule has 2 aromatic heterocycles. The molecular formula is C30H28FNO3Si. The predicted molar refractivity (Wildman–Crippen MR) is 143 cm³/mol. The van der Waals surface area contributed by atoms with E-state index in [2.05, 4.69) is 45.0 Å². The van der Waals surface area contributed by atoms with E-state index in [1.807, 2.05) is 36.4 Å². The van der Waals surface area contributed by atoms with Gasteiger partial charge >= 0.3 is 0 Å². The van der Waals surface area contributed by atoms with E-state index in [-0.39, 0.29) is 17.5 Å². The highest BCUT2D eigenvalue weighted by Gasteiger charge is 2.50. The Bertz CT molecular complexity index is 1440. The van der Waals surface area contributed by atoms with Gasteiger partial charge in [-0.3, -0.25) is 0 Å². The Hall–Kier alpha value is -3.74. The molecule has 3 aromatic carbocycles. The number of halogens is 1. The van der Waals surface area contributed by atoms with E-state index in [0.717, 1.165) is 4.73 Å². The molecule has 0 radical (unpaired) electrons. The number of hydrogen-bond donors (Lipinski definition) is 0. The molecule has 0 saturated carbocycles. The van der Waals surface area contributed by atoms with Crippen molar-refractivity contribution in [2.24, 2.45) is 0 Å². The molecule has 0 amide bonds. The average Bonchev–Trinajstić information content (AvgIpc) is 3.30. The van der Waals surface area contributed by atoms with Crippen LogP contribution in [0.25, 0.3) is 22.4 Å². The van der Waals surface area contributed by atoms with Crippen LogP contribution in [0.5, 0.6) is 0 Å². The summed E-state index contributed by atoms with van der Waals surface area (Å²) < 4.78 is 27.2. The lowest BCUT2D eigenvalue weighted by Gasteiger charge is -2.42. The van der Waals surface area contributed by atoms with Gasteiger partial charge in [0.2, 0.25) is 5.69 Å². The van der Waals surface area contributed by atoms with E-state index >= 15 is 0 Å². The highest BCUT2D eigenvalue weighted by molar-refractivity contribution is 6.99. The van der Waals surface area contributed by atoms with E-state index in [4.69, 9.17) is 8.84 Å². The number of nitrogens with zero attached hydrogens (tertiary/aromatic N) is 1. The largest absolute Gasteiger partial charge is 0.618 e. The van der Waals surface area contributed by atoms with Gasteiger partial charge in [0.05, 0.1) is 12.7 Å². The maximum absolute atomic E-state index is 13.4. The summed E-state index contributed by atoms with van der Waals surface area (Å²) in [5.41, 5.74) is 1.97. The molecule has 0 unspecified atom stereocenters. The van der Waals surface area contributed by atoms with Gasteiger partial charge in [-0.1, -0.05) is 81.4 Å². The zero-order valence-corrected chi connectivity index (χ0v) is 21.6. The van der Waals surface area contributed by atoms with Crippen LogP contribution >= 0.6 is 0 Å². The SMILES string of the molecule is CC(C)(C)[Si](OCc1cc2c(ccc(-c3ccc(F)cc3)[n+]2[O-])o1)(c1ccccc1)c1ccccc1. The number of benzene rings is 3. The van der Waals surface area contributed by atoms with Gasteiger partial charge in [-0.05, 0) is 45.7 Å². The van der Waals surface area contributed by atoms with E-state index < -0.39 is 8.32 Å². The third-order valence-electron chi connectivity index (χ3n) is 6.61. The van der Waals surface area contributed by atoms with E-state index in [1.54, 1.807) is 30.3 Å². The monoisotopic (exact) mass is 497 g/mol. The first-order chi connectivity index (χ1) is 17.3. The Labute approximate surface area is 211 Å². The van der Waals surface area contributed by atoms with E-state index in [1.165, 1.54) is 22.5 Å². The molecule has 0 saturated heterocycles. The molecule has 4 nitrogen and oxygen atoms in total. The fourth-order valence-electron chi connectivity index (χ4n) is 4.92. The molecule has 6 heteroatoms. The number of pyridine rings is 1. The molecule has 5 aromatic rings. The van der Waals surface area contributed by atoms with Crippen LogP contribution in [0.4, 0.5) is 4.39 Å². The second-order valence-electron chi connectivity index (χ2n) is 9.93. The number of rotatable bonds is 6. The zero-order valence-electron chi connectivity index (χ0n) is 20.6. The summed E-state index contributed by atoms with van der Waals surface area (Å²) in [4.78, 5) is 0. The Balaban J connectivity index is 1.54. The number of furan rings is 1. The Morgan fingerprint density at radius 3 is 1.97 bits per heavy atom. The highest BCUT2D eigenvalue weighted by atomic mass is 28.4. The molecule has 0 bridgehead atoms. The van der Waals surface area contributed by atoms with E-state index in [9.17, 15) is 9.60 Å². The molecule has 5 rings (SSSR count). The van der Waals surface area contributed by atoms with Crippen LogP contribution in [-0.4, -0.2) is 8.32 Å². The molecule has 0 fully saturated rings. The maximum Gasteiger partial charge on any atom is 0.263 e. The molecule has 0 aliphatic rings. The smallest absolute Gasteiger partial charge is 0.263 e. The highest BCUT2D eigenvalue weighted by Crippen LogP contribution is 2.37. The van der Waals surface area contributed by atoms with Gasteiger partial charge < -0.3 is 14.1 Å². The van der Waals surface area contributed by atoms with Crippen molar-refractivity contribution in [2.75, 3.05) is 0 Å². The molecule has 0 atom stereocenters. The predicted octanol–water partition coefficient (Wildman–Crippen LogP) is 5.95. The number of aromatic nitrogens is 1. The number of fused-ring (bicyclic) bond motifs is 1. The first-order valence-corrected chi connectivity index (χ1v) is 13.9. The second kappa shape index (κ2) is 9.37. The zero-order chi connectivity index (χ0) is 25.3. The summed E-state index contributed by atoms with van der Waals surface area (Å²) >= 11 is 0. The van der Waals surface area contributed by atoms with Crippen molar-refractivity contribution in [1.82, 2.24) is 0 Å². The van der Waals surface area contributed by atoms with Gasteiger partial charge in [0, 0.05) is 11.6 Å².